The topological polar surface area (TPSA) is 81.3 Å². The highest BCUT2D eigenvalue weighted by atomic mass is 19.1. The largest absolute Gasteiger partial charge is 0.493 e. The molecule has 0 aliphatic carbocycles. The molecule has 1 aliphatic rings. The van der Waals surface area contributed by atoms with Crippen molar-refractivity contribution in [2.24, 2.45) is 5.92 Å². The van der Waals surface area contributed by atoms with E-state index in [-0.39, 0.29) is 17.7 Å². The molecule has 5 rings (SSSR count). The molecule has 0 bridgehead atoms. The van der Waals surface area contributed by atoms with Crippen LogP contribution in [0.25, 0.3) is 21.8 Å². The molecule has 0 saturated carbocycles. The van der Waals surface area contributed by atoms with E-state index < -0.39 is 5.82 Å². The van der Waals surface area contributed by atoms with Crippen molar-refractivity contribution < 1.29 is 18.6 Å². The quantitative estimate of drug-likeness (QED) is 0.451. The summed E-state index contributed by atoms with van der Waals surface area (Å²) in [6.45, 7) is 4.10. The van der Waals surface area contributed by atoms with Gasteiger partial charge in [-0.25, -0.2) is 14.4 Å². The van der Waals surface area contributed by atoms with Gasteiger partial charge in [0, 0.05) is 29.2 Å². The Kier molecular flexibility index (Phi) is 5.53. The number of hydrogen-bond acceptors (Lipinski definition) is 6. The number of hydrogen-bond donors (Lipinski definition) is 2. The molecule has 1 saturated heterocycles. The van der Waals surface area contributed by atoms with Crippen molar-refractivity contribution in [1.82, 2.24) is 20.3 Å². The fourth-order valence-electron chi connectivity index (χ4n) is 4.22. The van der Waals surface area contributed by atoms with Crippen LogP contribution in [-0.2, 0) is 0 Å². The van der Waals surface area contributed by atoms with Crippen LogP contribution >= 0.6 is 0 Å². The van der Waals surface area contributed by atoms with Gasteiger partial charge in [-0.15, -0.1) is 0 Å². The highest BCUT2D eigenvalue weighted by molar-refractivity contribution is 5.87. The number of benzene rings is 2. The first kappa shape index (κ1) is 20.5. The lowest BCUT2D eigenvalue weighted by molar-refractivity contribution is 0.124. The Labute approximate surface area is 184 Å². The molecule has 0 radical (unpaired) electrons. The predicted octanol–water partition coefficient (Wildman–Crippen LogP) is 4.82. The van der Waals surface area contributed by atoms with Gasteiger partial charge < -0.3 is 24.5 Å². The van der Waals surface area contributed by atoms with E-state index in [4.69, 9.17) is 14.2 Å². The molecule has 0 amide bonds. The molecule has 0 spiro atoms. The summed E-state index contributed by atoms with van der Waals surface area (Å²) in [5.74, 6) is 1.52. The third kappa shape index (κ3) is 3.93. The number of aromatic amines is 1. The highest BCUT2D eigenvalue weighted by Crippen LogP contribution is 2.38. The zero-order valence-electron chi connectivity index (χ0n) is 18.0. The second-order valence-electron chi connectivity index (χ2n) is 8.06. The van der Waals surface area contributed by atoms with Gasteiger partial charge in [0.1, 0.15) is 6.33 Å². The van der Waals surface area contributed by atoms with Gasteiger partial charge in [-0.3, -0.25) is 0 Å². The summed E-state index contributed by atoms with van der Waals surface area (Å²) in [5, 5.41) is 4.84. The molecular formula is C24H25FN4O3. The smallest absolute Gasteiger partial charge is 0.230 e. The zero-order chi connectivity index (χ0) is 22.1. The van der Waals surface area contributed by atoms with Crippen LogP contribution < -0.4 is 19.5 Å². The standard InChI is InChI=1S/C24H25FN4O3/c1-14(15-3-6-26-7-4-15)31-23-12-20-17(10-22(23)30-2)24(29-13-28-20)32-21-9-16-5-8-27-19(16)11-18(21)25/h5,8-15,26-27H,3-4,6-7H2,1-2H3. The summed E-state index contributed by atoms with van der Waals surface area (Å²) >= 11 is 0. The predicted molar refractivity (Wildman–Crippen MR) is 120 cm³/mol. The minimum absolute atomic E-state index is 0.0446. The summed E-state index contributed by atoms with van der Waals surface area (Å²) in [7, 11) is 1.59. The number of halogens is 1. The maximum Gasteiger partial charge on any atom is 0.230 e. The van der Waals surface area contributed by atoms with E-state index in [0.29, 0.717) is 33.8 Å². The van der Waals surface area contributed by atoms with Gasteiger partial charge in [0.25, 0.3) is 0 Å². The Morgan fingerprint density at radius 3 is 2.72 bits per heavy atom. The molecule has 4 aromatic rings. The van der Waals surface area contributed by atoms with Crippen LogP contribution in [0.15, 0.2) is 42.9 Å². The maximum absolute atomic E-state index is 14.6. The number of H-pyrrole nitrogens is 1. The Balaban J connectivity index is 1.47. The summed E-state index contributed by atoms with van der Waals surface area (Å²) in [6.07, 6.45) is 5.35. The molecule has 1 fully saturated rings. The van der Waals surface area contributed by atoms with Gasteiger partial charge in [-0.2, -0.15) is 0 Å². The van der Waals surface area contributed by atoms with Crippen molar-refractivity contribution in [3.8, 4) is 23.1 Å². The van der Waals surface area contributed by atoms with Crippen LogP contribution in [0.5, 0.6) is 23.1 Å². The van der Waals surface area contributed by atoms with Gasteiger partial charge in [0.15, 0.2) is 23.1 Å². The summed E-state index contributed by atoms with van der Waals surface area (Å²) in [4.78, 5) is 11.6. The number of aromatic nitrogens is 3. The molecule has 166 valence electrons. The Hall–Kier alpha value is -3.39. The molecular weight excluding hydrogens is 411 g/mol. The lowest BCUT2D eigenvalue weighted by Crippen LogP contribution is -2.35. The van der Waals surface area contributed by atoms with Crippen molar-refractivity contribution in [1.29, 1.82) is 0 Å². The first-order valence-corrected chi connectivity index (χ1v) is 10.8. The van der Waals surface area contributed by atoms with Crippen LogP contribution in [0.1, 0.15) is 19.8 Å². The Morgan fingerprint density at radius 1 is 1.06 bits per heavy atom. The van der Waals surface area contributed by atoms with Crippen LogP contribution in [0.2, 0.25) is 0 Å². The van der Waals surface area contributed by atoms with Crippen LogP contribution in [-0.4, -0.2) is 41.3 Å². The van der Waals surface area contributed by atoms with Crippen molar-refractivity contribution in [3.63, 3.8) is 0 Å². The molecule has 2 aromatic heterocycles. The molecule has 2 N–H and O–H groups in total. The average Bonchev–Trinajstić information content (AvgIpc) is 3.26. The number of rotatable bonds is 6. The highest BCUT2D eigenvalue weighted by Gasteiger charge is 2.23. The molecule has 3 heterocycles. The molecule has 7 nitrogen and oxygen atoms in total. The summed E-state index contributed by atoms with van der Waals surface area (Å²) in [6, 6.07) is 8.51. The van der Waals surface area contributed by atoms with E-state index in [0.717, 1.165) is 31.3 Å². The molecule has 32 heavy (non-hydrogen) atoms. The van der Waals surface area contributed by atoms with E-state index in [2.05, 4.69) is 27.2 Å². The van der Waals surface area contributed by atoms with Gasteiger partial charge >= 0.3 is 0 Å². The fraction of sp³-hybridized carbons (Fsp3) is 0.333. The SMILES string of the molecule is COc1cc2c(Oc3cc4cc[nH]c4cc3F)ncnc2cc1OC(C)C1CCNCC1. The van der Waals surface area contributed by atoms with Crippen LogP contribution in [0, 0.1) is 11.7 Å². The van der Waals surface area contributed by atoms with Crippen LogP contribution in [0.4, 0.5) is 4.39 Å². The molecule has 1 aliphatic heterocycles. The number of nitrogens with zero attached hydrogens (tertiary/aromatic N) is 2. The number of methoxy groups -OCH3 is 1. The monoisotopic (exact) mass is 436 g/mol. The van der Waals surface area contributed by atoms with E-state index in [1.54, 1.807) is 25.4 Å². The normalized spacial score (nSPS) is 15.7. The van der Waals surface area contributed by atoms with Crippen molar-refractivity contribution in [3.05, 3.63) is 48.7 Å². The fourth-order valence-corrected chi connectivity index (χ4v) is 4.22. The van der Waals surface area contributed by atoms with Gasteiger partial charge in [0.2, 0.25) is 5.88 Å². The van der Waals surface area contributed by atoms with Gasteiger partial charge in [0.05, 0.1) is 24.1 Å². The Morgan fingerprint density at radius 2 is 1.91 bits per heavy atom. The average molecular weight is 436 g/mol. The van der Waals surface area contributed by atoms with Crippen molar-refractivity contribution >= 4 is 21.8 Å². The zero-order valence-corrected chi connectivity index (χ0v) is 18.0. The lowest BCUT2D eigenvalue weighted by Gasteiger charge is -2.29. The minimum atomic E-state index is -0.477. The third-order valence-electron chi connectivity index (χ3n) is 6.06. The first-order chi connectivity index (χ1) is 15.6. The van der Waals surface area contributed by atoms with E-state index >= 15 is 0 Å². The van der Waals surface area contributed by atoms with Gasteiger partial charge in [-0.1, -0.05) is 0 Å². The van der Waals surface area contributed by atoms with E-state index in [1.165, 1.54) is 12.4 Å². The second-order valence-corrected chi connectivity index (χ2v) is 8.06. The first-order valence-electron chi connectivity index (χ1n) is 10.8. The molecule has 8 heteroatoms. The maximum atomic E-state index is 14.6. The van der Waals surface area contributed by atoms with E-state index in [1.807, 2.05) is 12.1 Å². The van der Waals surface area contributed by atoms with Gasteiger partial charge in [-0.05, 0) is 57.0 Å². The number of piperidine rings is 1. The molecule has 2 aromatic carbocycles. The van der Waals surface area contributed by atoms with Crippen molar-refractivity contribution in [2.45, 2.75) is 25.9 Å². The van der Waals surface area contributed by atoms with E-state index in [9.17, 15) is 4.39 Å². The number of ether oxygens (including phenoxy) is 3. The van der Waals surface area contributed by atoms with Crippen molar-refractivity contribution in [2.75, 3.05) is 20.2 Å². The third-order valence-corrected chi connectivity index (χ3v) is 6.06. The van der Waals surface area contributed by atoms with Crippen LogP contribution in [0.3, 0.4) is 0 Å². The molecule has 1 unspecified atom stereocenters. The lowest BCUT2D eigenvalue weighted by atomic mass is 9.93. The second kappa shape index (κ2) is 8.63. The summed E-state index contributed by atoms with van der Waals surface area (Å²) in [5.41, 5.74) is 1.33. The number of fused-ring (bicyclic) bond motifs is 2. The Bertz CT molecular complexity index is 1250. The molecule has 1 atom stereocenters. The minimum Gasteiger partial charge on any atom is -0.493 e. The summed E-state index contributed by atoms with van der Waals surface area (Å²) < 4.78 is 32.3. The number of nitrogens with one attached hydrogen (secondary N) is 2.